The SMILES string of the molecule is CC1=CN=C(F)C=CC1. The van der Waals surface area contributed by atoms with Crippen molar-refractivity contribution < 1.29 is 4.39 Å². The van der Waals surface area contributed by atoms with E-state index in [1.165, 1.54) is 6.08 Å². The van der Waals surface area contributed by atoms with Crippen molar-refractivity contribution in [3.63, 3.8) is 0 Å². The summed E-state index contributed by atoms with van der Waals surface area (Å²) in [5.74, 6) is -0.410. The normalized spacial score (nSPS) is 18.4. The lowest BCUT2D eigenvalue weighted by molar-refractivity contribution is 0.813. The van der Waals surface area contributed by atoms with Gasteiger partial charge in [0.25, 0.3) is 0 Å². The van der Waals surface area contributed by atoms with E-state index in [0.717, 1.165) is 12.0 Å². The maximum absolute atomic E-state index is 12.2. The van der Waals surface area contributed by atoms with Crippen LogP contribution in [0.15, 0.2) is 28.9 Å². The van der Waals surface area contributed by atoms with E-state index in [9.17, 15) is 4.39 Å². The Morgan fingerprint density at radius 3 is 3.22 bits per heavy atom. The molecule has 0 saturated heterocycles. The van der Waals surface area contributed by atoms with Crippen LogP contribution in [0.25, 0.3) is 0 Å². The van der Waals surface area contributed by atoms with E-state index in [1.807, 2.05) is 6.92 Å². The van der Waals surface area contributed by atoms with E-state index in [-0.39, 0.29) is 0 Å². The van der Waals surface area contributed by atoms with Crippen molar-refractivity contribution in [2.75, 3.05) is 0 Å². The molecule has 1 rings (SSSR count). The van der Waals surface area contributed by atoms with Crippen LogP contribution in [0.2, 0.25) is 0 Å². The quantitative estimate of drug-likeness (QED) is 0.470. The summed E-state index contributed by atoms with van der Waals surface area (Å²) in [5, 5.41) is 0. The number of hydrogen-bond donors (Lipinski definition) is 0. The number of allylic oxidation sites excluding steroid dienone is 3. The minimum absolute atomic E-state index is 0.410. The number of aliphatic imine (C=N–C) groups is 1. The molecule has 48 valence electrons. The Labute approximate surface area is 53.6 Å². The molecule has 1 nitrogen and oxygen atoms in total. The molecule has 0 radical (unpaired) electrons. The Morgan fingerprint density at radius 1 is 1.67 bits per heavy atom. The summed E-state index contributed by atoms with van der Waals surface area (Å²) >= 11 is 0. The van der Waals surface area contributed by atoms with E-state index in [0.29, 0.717) is 0 Å². The first-order valence-electron chi connectivity index (χ1n) is 2.84. The predicted octanol–water partition coefficient (Wildman–Crippen LogP) is 2.22. The Bertz CT molecular complexity index is 189. The average molecular weight is 125 g/mol. The molecule has 2 heteroatoms. The Kier molecular flexibility index (Phi) is 1.78. The molecule has 0 spiro atoms. The second-order valence-corrected chi connectivity index (χ2v) is 2.03. The van der Waals surface area contributed by atoms with Gasteiger partial charge in [-0.05, 0) is 19.4 Å². The summed E-state index contributed by atoms with van der Waals surface area (Å²) in [6.07, 6.45) is 5.50. The molecule has 0 amide bonds. The van der Waals surface area contributed by atoms with Crippen LogP contribution in [0.1, 0.15) is 13.3 Å². The molecule has 0 bridgehead atoms. The number of rotatable bonds is 0. The predicted molar refractivity (Wildman–Crippen MR) is 36.1 cm³/mol. The van der Waals surface area contributed by atoms with Crippen LogP contribution in [-0.4, -0.2) is 5.97 Å². The van der Waals surface area contributed by atoms with Gasteiger partial charge < -0.3 is 0 Å². The summed E-state index contributed by atoms with van der Waals surface area (Å²) in [6.45, 7) is 1.92. The Balaban J connectivity index is 2.80. The minimum atomic E-state index is -0.410. The Morgan fingerprint density at radius 2 is 2.44 bits per heavy atom. The third-order valence-corrected chi connectivity index (χ3v) is 1.10. The second kappa shape index (κ2) is 2.58. The lowest BCUT2D eigenvalue weighted by Crippen LogP contribution is -1.75. The van der Waals surface area contributed by atoms with E-state index in [1.54, 1.807) is 12.3 Å². The summed E-state index contributed by atoms with van der Waals surface area (Å²) < 4.78 is 12.2. The highest BCUT2D eigenvalue weighted by atomic mass is 19.1. The number of halogens is 1. The monoisotopic (exact) mass is 125 g/mol. The molecule has 0 unspecified atom stereocenters. The summed E-state index contributed by atoms with van der Waals surface area (Å²) in [4.78, 5) is 3.51. The van der Waals surface area contributed by atoms with Crippen molar-refractivity contribution in [2.45, 2.75) is 13.3 Å². The lowest BCUT2D eigenvalue weighted by atomic mass is 10.2. The van der Waals surface area contributed by atoms with Crippen molar-refractivity contribution in [1.29, 1.82) is 0 Å². The van der Waals surface area contributed by atoms with Gasteiger partial charge in [0.05, 0.1) is 0 Å². The van der Waals surface area contributed by atoms with Gasteiger partial charge >= 0.3 is 0 Å². The van der Waals surface area contributed by atoms with Gasteiger partial charge in [0.2, 0.25) is 5.97 Å². The smallest absolute Gasteiger partial charge is 0.212 e. The first-order chi connectivity index (χ1) is 4.29. The van der Waals surface area contributed by atoms with E-state index >= 15 is 0 Å². The highest BCUT2D eigenvalue weighted by molar-refractivity contribution is 5.87. The standard InChI is InChI=1S/C7H8FN/c1-6-3-2-4-7(8)9-5-6/h2,4-5H,3H2,1H3. The molecule has 0 aliphatic carbocycles. The third kappa shape index (κ3) is 1.80. The minimum Gasteiger partial charge on any atom is -0.228 e. The zero-order valence-corrected chi connectivity index (χ0v) is 5.26. The molecule has 0 aromatic heterocycles. The summed E-state index contributed by atoms with van der Waals surface area (Å²) in [6, 6.07) is 0. The van der Waals surface area contributed by atoms with Gasteiger partial charge in [-0.1, -0.05) is 11.6 Å². The molecule has 1 aliphatic rings. The van der Waals surface area contributed by atoms with Crippen molar-refractivity contribution in [3.8, 4) is 0 Å². The van der Waals surface area contributed by atoms with Gasteiger partial charge in [-0.2, -0.15) is 4.39 Å². The molecule has 1 aliphatic heterocycles. The molecule has 1 heterocycles. The van der Waals surface area contributed by atoms with Gasteiger partial charge in [0.15, 0.2) is 0 Å². The van der Waals surface area contributed by atoms with E-state index < -0.39 is 5.97 Å². The highest BCUT2D eigenvalue weighted by Gasteiger charge is 1.92. The van der Waals surface area contributed by atoms with Crippen LogP contribution in [0.5, 0.6) is 0 Å². The van der Waals surface area contributed by atoms with Gasteiger partial charge in [0.1, 0.15) is 0 Å². The van der Waals surface area contributed by atoms with Crippen molar-refractivity contribution in [2.24, 2.45) is 4.99 Å². The maximum Gasteiger partial charge on any atom is 0.212 e. The molecule has 0 atom stereocenters. The fourth-order valence-corrected chi connectivity index (χ4v) is 0.610. The summed E-state index contributed by atoms with van der Waals surface area (Å²) in [7, 11) is 0. The fraction of sp³-hybridized carbons (Fsp3) is 0.286. The number of nitrogens with zero attached hydrogens (tertiary/aromatic N) is 1. The van der Waals surface area contributed by atoms with E-state index in [4.69, 9.17) is 0 Å². The van der Waals surface area contributed by atoms with E-state index in [2.05, 4.69) is 4.99 Å². The molecule has 0 aromatic rings. The molecular formula is C7H8FN. The van der Waals surface area contributed by atoms with Crippen molar-refractivity contribution in [1.82, 2.24) is 0 Å². The number of hydrogen-bond acceptors (Lipinski definition) is 1. The molecule has 0 aromatic carbocycles. The Hall–Kier alpha value is -0.920. The van der Waals surface area contributed by atoms with Gasteiger partial charge in [0, 0.05) is 6.20 Å². The third-order valence-electron chi connectivity index (χ3n) is 1.10. The lowest BCUT2D eigenvalue weighted by Gasteiger charge is -1.85. The van der Waals surface area contributed by atoms with Crippen LogP contribution < -0.4 is 0 Å². The van der Waals surface area contributed by atoms with Gasteiger partial charge in [-0.25, -0.2) is 4.99 Å². The first-order valence-corrected chi connectivity index (χ1v) is 2.84. The molecule has 0 saturated carbocycles. The average Bonchev–Trinajstić information content (AvgIpc) is 1.97. The van der Waals surface area contributed by atoms with Crippen LogP contribution in [0, 0.1) is 0 Å². The van der Waals surface area contributed by atoms with Gasteiger partial charge in [-0.15, -0.1) is 0 Å². The van der Waals surface area contributed by atoms with Crippen molar-refractivity contribution >= 4 is 5.97 Å². The van der Waals surface area contributed by atoms with Crippen molar-refractivity contribution in [3.05, 3.63) is 23.9 Å². The fourth-order valence-electron chi connectivity index (χ4n) is 0.610. The zero-order chi connectivity index (χ0) is 6.69. The second-order valence-electron chi connectivity index (χ2n) is 2.03. The van der Waals surface area contributed by atoms with Gasteiger partial charge in [-0.3, -0.25) is 0 Å². The molecule has 0 N–H and O–H groups in total. The zero-order valence-electron chi connectivity index (χ0n) is 5.26. The van der Waals surface area contributed by atoms with Crippen LogP contribution >= 0.6 is 0 Å². The van der Waals surface area contributed by atoms with Crippen LogP contribution in [0.4, 0.5) is 4.39 Å². The molecular weight excluding hydrogens is 117 g/mol. The largest absolute Gasteiger partial charge is 0.228 e. The highest BCUT2D eigenvalue weighted by Crippen LogP contribution is 2.05. The summed E-state index contributed by atoms with van der Waals surface area (Å²) in [5.41, 5.74) is 1.08. The molecule has 9 heavy (non-hydrogen) atoms. The first kappa shape index (κ1) is 6.20. The maximum atomic E-state index is 12.2. The topological polar surface area (TPSA) is 12.4 Å². The molecule has 0 fully saturated rings. The van der Waals surface area contributed by atoms with Crippen LogP contribution in [0.3, 0.4) is 0 Å². The van der Waals surface area contributed by atoms with Crippen LogP contribution in [-0.2, 0) is 0 Å².